The molecule has 2 N–H and O–H groups in total. The summed E-state index contributed by atoms with van der Waals surface area (Å²) in [5.41, 5.74) is 10.4. The fourth-order valence-electron chi connectivity index (χ4n) is 4.43. The Bertz CT molecular complexity index is 1570. The van der Waals surface area contributed by atoms with Gasteiger partial charge in [0, 0.05) is 27.1 Å². The molecule has 3 aromatic carbocycles. The van der Waals surface area contributed by atoms with Crippen LogP contribution >= 0.6 is 11.3 Å². The summed E-state index contributed by atoms with van der Waals surface area (Å²) in [6.07, 6.45) is 0.402. The molecule has 0 unspecified atom stereocenters. The molecule has 4 nitrogen and oxygen atoms in total. The molecule has 0 atom stereocenters. The second-order valence-electron chi connectivity index (χ2n) is 8.30. The predicted octanol–water partition coefficient (Wildman–Crippen LogP) is 6.78. The number of rotatable bonds is 6. The third-order valence-electron chi connectivity index (χ3n) is 6.06. The maximum Gasteiger partial charge on any atom is 0.267 e. The van der Waals surface area contributed by atoms with Gasteiger partial charge in [0.15, 0.2) is 0 Å². The van der Waals surface area contributed by atoms with E-state index in [4.69, 9.17) is 10.5 Å². The standard InChI is InChI=1S/C29H23FN2O2S/c1-17-15-18(11-13-25(17)34-2)26-14-12-19(35-26)16-22-27(20-7-3-5-9-23(20)30)21-8-4-6-10-24(21)32-28(22)29(31)33/h3-15H,16H2,1-2H3,(H2,31,33). The number of carbonyl (C=O) groups is 1. The van der Waals surface area contributed by atoms with Crippen molar-refractivity contribution in [1.82, 2.24) is 4.98 Å². The van der Waals surface area contributed by atoms with Crippen molar-refractivity contribution in [3.8, 4) is 27.3 Å². The number of aromatic nitrogens is 1. The zero-order chi connectivity index (χ0) is 24.5. The Kier molecular flexibility index (Phi) is 6.05. The van der Waals surface area contributed by atoms with Gasteiger partial charge in [-0.25, -0.2) is 9.37 Å². The molecule has 6 heteroatoms. The van der Waals surface area contributed by atoms with Gasteiger partial charge in [0.05, 0.1) is 12.6 Å². The molecule has 174 valence electrons. The first kappa shape index (κ1) is 22.7. The van der Waals surface area contributed by atoms with Gasteiger partial charge >= 0.3 is 0 Å². The SMILES string of the molecule is COc1ccc(-c2ccc(Cc3c(C(N)=O)nc4ccccc4c3-c3ccccc3F)s2)cc1C. The second-order valence-corrected chi connectivity index (χ2v) is 9.47. The number of benzene rings is 3. The number of ether oxygens (including phenoxy) is 1. The van der Waals surface area contributed by atoms with Gasteiger partial charge in [0.2, 0.25) is 0 Å². The topological polar surface area (TPSA) is 65.2 Å². The van der Waals surface area contributed by atoms with Crippen LogP contribution in [-0.2, 0) is 6.42 Å². The van der Waals surface area contributed by atoms with Crippen molar-refractivity contribution >= 4 is 28.1 Å². The van der Waals surface area contributed by atoms with Crippen LogP contribution in [0.1, 0.15) is 26.5 Å². The van der Waals surface area contributed by atoms with E-state index < -0.39 is 5.91 Å². The molecule has 0 radical (unpaired) electrons. The van der Waals surface area contributed by atoms with Crippen molar-refractivity contribution in [1.29, 1.82) is 0 Å². The first-order valence-electron chi connectivity index (χ1n) is 11.2. The van der Waals surface area contributed by atoms with Crippen LogP contribution in [0.25, 0.3) is 32.5 Å². The number of carbonyl (C=O) groups excluding carboxylic acids is 1. The number of hydrogen-bond acceptors (Lipinski definition) is 4. The highest BCUT2D eigenvalue weighted by Gasteiger charge is 2.22. The van der Waals surface area contributed by atoms with Crippen molar-refractivity contribution in [2.24, 2.45) is 5.73 Å². The van der Waals surface area contributed by atoms with E-state index in [0.29, 0.717) is 28.6 Å². The van der Waals surface area contributed by atoms with E-state index >= 15 is 4.39 Å². The van der Waals surface area contributed by atoms with E-state index in [9.17, 15) is 4.79 Å². The number of nitrogens with zero attached hydrogens (tertiary/aromatic N) is 1. The van der Waals surface area contributed by atoms with Crippen LogP contribution in [0, 0.1) is 12.7 Å². The summed E-state index contributed by atoms with van der Waals surface area (Å²) in [6.45, 7) is 2.01. The van der Waals surface area contributed by atoms with Gasteiger partial charge in [-0.2, -0.15) is 0 Å². The Morgan fingerprint density at radius 2 is 1.80 bits per heavy atom. The van der Waals surface area contributed by atoms with Crippen LogP contribution < -0.4 is 10.5 Å². The molecule has 5 rings (SSSR count). The molecule has 0 aliphatic rings. The average Bonchev–Trinajstić information content (AvgIpc) is 3.32. The van der Waals surface area contributed by atoms with E-state index in [1.54, 1.807) is 36.6 Å². The predicted molar refractivity (Wildman–Crippen MR) is 140 cm³/mol. The lowest BCUT2D eigenvalue weighted by molar-refractivity contribution is 0.0995. The zero-order valence-electron chi connectivity index (χ0n) is 19.3. The van der Waals surface area contributed by atoms with E-state index in [1.165, 1.54) is 6.07 Å². The number of hydrogen-bond donors (Lipinski definition) is 1. The fraction of sp³-hybridized carbons (Fsp3) is 0.103. The van der Waals surface area contributed by atoms with Gasteiger partial charge in [0.1, 0.15) is 17.3 Å². The van der Waals surface area contributed by atoms with Crippen LogP contribution in [0.4, 0.5) is 4.39 Å². The summed E-state index contributed by atoms with van der Waals surface area (Å²) < 4.78 is 20.4. The summed E-state index contributed by atoms with van der Waals surface area (Å²) in [5.74, 6) is -0.152. The molecule has 0 saturated carbocycles. The van der Waals surface area contributed by atoms with Crippen molar-refractivity contribution in [2.45, 2.75) is 13.3 Å². The quantitative estimate of drug-likeness (QED) is 0.290. The third kappa shape index (κ3) is 4.29. The number of para-hydroxylation sites is 1. The van der Waals surface area contributed by atoms with Crippen LogP contribution in [-0.4, -0.2) is 18.0 Å². The number of fused-ring (bicyclic) bond motifs is 1. The van der Waals surface area contributed by atoms with Gasteiger partial charge in [-0.05, 0) is 71.6 Å². The normalized spacial score (nSPS) is 11.1. The Hall–Kier alpha value is -4.03. The number of nitrogens with two attached hydrogens (primary N) is 1. The molecule has 0 spiro atoms. The Labute approximate surface area is 206 Å². The van der Waals surface area contributed by atoms with Gasteiger partial charge in [-0.1, -0.05) is 36.4 Å². The molecular weight excluding hydrogens is 459 g/mol. The van der Waals surface area contributed by atoms with Crippen LogP contribution in [0.5, 0.6) is 5.75 Å². The number of primary amides is 1. The third-order valence-corrected chi connectivity index (χ3v) is 7.20. The maximum atomic E-state index is 15.0. The molecule has 2 aromatic heterocycles. The summed E-state index contributed by atoms with van der Waals surface area (Å²) in [4.78, 5) is 19.2. The molecule has 2 heterocycles. The summed E-state index contributed by atoms with van der Waals surface area (Å²) in [5, 5.41) is 0.778. The molecule has 0 saturated heterocycles. The number of amides is 1. The molecule has 0 aliphatic carbocycles. The largest absolute Gasteiger partial charge is 0.496 e. The lowest BCUT2D eigenvalue weighted by Gasteiger charge is -2.16. The van der Waals surface area contributed by atoms with Crippen molar-refractivity contribution in [2.75, 3.05) is 7.11 Å². The number of thiophene rings is 1. The van der Waals surface area contributed by atoms with Gasteiger partial charge in [-0.15, -0.1) is 11.3 Å². The molecule has 35 heavy (non-hydrogen) atoms. The first-order chi connectivity index (χ1) is 17.0. The van der Waals surface area contributed by atoms with E-state index in [1.807, 2.05) is 49.4 Å². The highest BCUT2D eigenvalue weighted by Crippen LogP contribution is 2.38. The van der Waals surface area contributed by atoms with Crippen LogP contribution in [0.2, 0.25) is 0 Å². The monoisotopic (exact) mass is 482 g/mol. The van der Waals surface area contributed by atoms with Gasteiger partial charge < -0.3 is 10.5 Å². The van der Waals surface area contributed by atoms with Crippen molar-refractivity contribution < 1.29 is 13.9 Å². The van der Waals surface area contributed by atoms with E-state index in [2.05, 4.69) is 17.1 Å². The smallest absolute Gasteiger partial charge is 0.267 e. The lowest BCUT2D eigenvalue weighted by Crippen LogP contribution is -2.17. The first-order valence-corrected chi connectivity index (χ1v) is 12.0. The zero-order valence-corrected chi connectivity index (χ0v) is 20.2. The molecule has 1 amide bonds. The fourth-order valence-corrected chi connectivity index (χ4v) is 5.45. The average molecular weight is 483 g/mol. The maximum absolute atomic E-state index is 15.0. The number of halogens is 1. The molecule has 0 bridgehead atoms. The molecule has 5 aromatic rings. The summed E-state index contributed by atoms with van der Waals surface area (Å²) in [6, 6.07) is 24.2. The van der Waals surface area contributed by atoms with E-state index in [-0.39, 0.29) is 11.5 Å². The second kappa shape index (κ2) is 9.31. The number of pyridine rings is 1. The van der Waals surface area contributed by atoms with Gasteiger partial charge in [-0.3, -0.25) is 4.79 Å². The molecule has 0 aliphatic heterocycles. The minimum Gasteiger partial charge on any atom is -0.496 e. The minimum atomic E-state index is -0.633. The van der Waals surface area contributed by atoms with Gasteiger partial charge in [0.25, 0.3) is 5.91 Å². The lowest BCUT2D eigenvalue weighted by atomic mass is 9.91. The molecule has 0 fully saturated rings. The van der Waals surface area contributed by atoms with Crippen molar-refractivity contribution in [3.05, 3.63) is 106 Å². The van der Waals surface area contributed by atoms with Crippen molar-refractivity contribution in [3.63, 3.8) is 0 Å². The van der Waals surface area contributed by atoms with E-state index in [0.717, 1.165) is 32.0 Å². The van der Waals surface area contributed by atoms with Crippen LogP contribution in [0.15, 0.2) is 78.9 Å². The Morgan fingerprint density at radius 3 is 2.54 bits per heavy atom. The summed E-state index contributed by atoms with van der Waals surface area (Å²) >= 11 is 1.62. The summed E-state index contributed by atoms with van der Waals surface area (Å²) in [7, 11) is 1.66. The minimum absolute atomic E-state index is 0.164. The Morgan fingerprint density at radius 1 is 1.03 bits per heavy atom. The number of aryl methyl sites for hydroxylation is 1. The van der Waals surface area contributed by atoms with Crippen LogP contribution in [0.3, 0.4) is 0 Å². The Balaban J connectivity index is 1.66. The molecular formula is C29H23FN2O2S. The highest BCUT2D eigenvalue weighted by atomic mass is 32.1. The number of methoxy groups -OCH3 is 1. The highest BCUT2D eigenvalue weighted by molar-refractivity contribution is 7.15.